The fourth-order valence-electron chi connectivity index (χ4n) is 1.15. The van der Waals surface area contributed by atoms with Crippen molar-refractivity contribution < 1.29 is 14.4 Å². The van der Waals surface area contributed by atoms with Crippen molar-refractivity contribution in [3.8, 4) is 5.75 Å². The molecule has 0 radical (unpaired) electrons. The van der Waals surface area contributed by atoms with Gasteiger partial charge in [0.05, 0.1) is 17.3 Å². The lowest BCUT2D eigenvalue weighted by Gasteiger charge is -1.94. The van der Waals surface area contributed by atoms with Gasteiger partial charge < -0.3 is 9.52 Å². The molecule has 5 nitrogen and oxygen atoms in total. The van der Waals surface area contributed by atoms with Crippen molar-refractivity contribution in [2.45, 2.75) is 0 Å². The number of non-ortho nitro benzene ring substituents is 1. The highest BCUT2D eigenvalue weighted by molar-refractivity contribution is 5.85. The lowest BCUT2D eigenvalue weighted by Crippen LogP contribution is -1.86. The van der Waals surface area contributed by atoms with Gasteiger partial charge in [0.2, 0.25) is 0 Å². The molecular weight excluding hydrogens is 174 g/mol. The standard InChI is InChI=1S/C8H5NO4/c10-7-4-6(9(11)12)3-5-1-2-13-8(5)7/h1-4,10H. The normalized spacial score (nSPS) is 10.5. The highest BCUT2D eigenvalue weighted by Gasteiger charge is 2.12. The van der Waals surface area contributed by atoms with Crippen LogP contribution in [0, 0.1) is 10.1 Å². The van der Waals surface area contributed by atoms with E-state index in [0.29, 0.717) is 5.39 Å². The lowest BCUT2D eigenvalue weighted by atomic mass is 10.2. The van der Waals surface area contributed by atoms with Gasteiger partial charge in [-0.3, -0.25) is 10.1 Å². The third kappa shape index (κ3) is 1.10. The van der Waals surface area contributed by atoms with Gasteiger partial charge in [-0.05, 0) is 6.07 Å². The van der Waals surface area contributed by atoms with E-state index in [9.17, 15) is 15.2 Å². The first-order chi connectivity index (χ1) is 6.18. The molecule has 0 amide bonds. The minimum absolute atomic E-state index is 0.147. The smallest absolute Gasteiger partial charge is 0.274 e. The first-order valence-electron chi connectivity index (χ1n) is 3.53. The number of nitrogens with zero attached hydrogens (tertiary/aromatic N) is 1. The van der Waals surface area contributed by atoms with E-state index in [1.54, 1.807) is 6.07 Å². The summed E-state index contributed by atoms with van der Waals surface area (Å²) in [5.74, 6) is -0.214. The van der Waals surface area contributed by atoms with Gasteiger partial charge in [0.1, 0.15) is 0 Å². The van der Waals surface area contributed by atoms with Gasteiger partial charge in [-0.25, -0.2) is 0 Å². The number of nitro groups is 1. The number of benzene rings is 1. The second-order valence-corrected chi connectivity index (χ2v) is 2.56. The molecule has 2 aromatic rings. The summed E-state index contributed by atoms with van der Waals surface area (Å²) in [6.07, 6.45) is 1.37. The van der Waals surface area contributed by atoms with Crippen LogP contribution in [-0.2, 0) is 0 Å². The molecular formula is C8H5NO4. The Bertz CT molecular complexity index is 474. The average Bonchev–Trinajstić information content (AvgIpc) is 2.51. The van der Waals surface area contributed by atoms with Gasteiger partial charge in [0.15, 0.2) is 11.3 Å². The molecule has 0 bridgehead atoms. The Morgan fingerprint density at radius 1 is 1.46 bits per heavy atom. The largest absolute Gasteiger partial charge is 0.504 e. The molecule has 66 valence electrons. The SMILES string of the molecule is O=[N+]([O-])c1cc(O)c2occc2c1. The predicted molar refractivity (Wildman–Crippen MR) is 44.5 cm³/mol. The van der Waals surface area contributed by atoms with E-state index in [1.807, 2.05) is 0 Å². The van der Waals surface area contributed by atoms with E-state index in [2.05, 4.69) is 0 Å². The number of fused-ring (bicyclic) bond motifs is 1. The number of hydrogen-bond acceptors (Lipinski definition) is 4. The number of hydrogen-bond donors (Lipinski definition) is 1. The second kappa shape index (κ2) is 2.48. The van der Waals surface area contributed by atoms with E-state index in [1.165, 1.54) is 12.3 Å². The first kappa shape index (κ1) is 7.60. The molecule has 2 rings (SSSR count). The van der Waals surface area contributed by atoms with Crippen LogP contribution in [0.25, 0.3) is 11.0 Å². The Kier molecular flexibility index (Phi) is 1.45. The van der Waals surface area contributed by atoms with E-state index in [4.69, 9.17) is 4.42 Å². The van der Waals surface area contributed by atoms with E-state index >= 15 is 0 Å². The number of aromatic hydroxyl groups is 1. The van der Waals surface area contributed by atoms with Crippen LogP contribution in [-0.4, -0.2) is 10.0 Å². The molecule has 0 aliphatic rings. The predicted octanol–water partition coefficient (Wildman–Crippen LogP) is 2.05. The van der Waals surface area contributed by atoms with Gasteiger partial charge in [0.25, 0.3) is 5.69 Å². The molecule has 0 aliphatic heterocycles. The van der Waals surface area contributed by atoms with Gasteiger partial charge in [-0.1, -0.05) is 0 Å². The molecule has 5 heteroatoms. The third-order valence-corrected chi connectivity index (χ3v) is 1.73. The summed E-state index contributed by atoms with van der Waals surface area (Å²) in [4.78, 5) is 9.82. The fourth-order valence-corrected chi connectivity index (χ4v) is 1.15. The Balaban J connectivity index is 2.77. The number of furan rings is 1. The molecule has 1 heterocycles. The molecule has 0 fully saturated rings. The molecule has 1 aromatic heterocycles. The zero-order valence-corrected chi connectivity index (χ0v) is 6.43. The number of phenolic OH excluding ortho intramolecular Hbond substituents is 1. The maximum Gasteiger partial charge on any atom is 0.274 e. The fraction of sp³-hybridized carbons (Fsp3) is 0. The van der Waals surface area contributed by atoms with Crippen LogP contribution >= 0.6 is 0 Å². The van der Waals surface area contributed by atoms with Crippen LogP contribution in [0.5, 0.6) is 5.75 Å². The molecule has 1 aromatic carbocycles. The summed E-state index contributed by atoms with van der Waals surface area (Å²) in [5, 5.41) is 20.2. The van der Waals surface area contributed by atoms with Crippen molar-refractivity contribution in [1.29, 1.82) is 0 Å². The minimum Gasteiger partial charge on any atom is -0.504 e. The lowest BCUT2D eigenvalue weighted by molar-refractivity contribution is -0.384. The van der Waals surface area contributed by atoms with E-state index in [-0.39, 0.29) is 17.0 Å². The summed E-state index contributed by atoms with van der Waals surface area (Å²) in [6.45, 7) is 0. The molecule has 0 unspecified atom stereocenters. The number of rotatable bonds is 1. The summed E-state index contributed by atoms with van der Waals surface area (Å²) in [7, 11) is 0. The molecule has 0 aliphatic carbocycles. The van der Waals surface area contributed by atoms with Crippen LogP contribution in [0.4, 0.5) is 5.69 Å². The van der Waals surface area contributed by atoms with Gasteiger partial charge in [-0.2, -0.15) is 0 Å². The van der Waals surface area contributed by atoms with Crippen LogP contribution in [0.2, 0.25) is 0 Å². The topological polar surface area (TPSA) is 76.5 Å². The van der Waals surface area contributed by atoms with Crippen molar-refractivity contribution in [3.05, 3.63) is 34.6 Å². The first-order valence-corrected chi connectivity index (χ1v) is 3.53. The van der Waals surface area contributed by atoms with Crippen molar-refractivity contribution in [3.63, 3.8) is 0 Å². The number of phenols is 1. The Morgan fingerprint density at radius 2 is 2.23 bits per heavy atom. The molecule has 0 saturated heterocycles. The van der Waals surface area contributed by atoms with Crippen LogP contribution in [0.1, 0.15) is 0 Å². The zero-order chi connectivity index (χ0) is 9.42. The van der Waals surface area contributed by atoms with Gasteiger partial charge in [0, 0.05) is 11.5 Å². The maximum atomic E-state index is 10.4. The molecule has 13 heavy (non-hydrogen) atoms. The maximum absolute atomic E-state index is 10.4. The summed E-state index contributed by atoms with van der Waals surface area (Å²) in [5.41, 5.74) is 0.122. The second-order valence-electron chi connectivity index (χ2n) is 2.56. The van der Waals surface area contributed by atoms with Crippen LogP contribution < -0.4 is 0 Å². The minimum atomic E-state index is -0.563. The van der Waals surface area contributed by atoms with Crippen molar-refractivity contribution in [1.82, 2.24) is 0 Å². The molecule has 0 saturated carbocycles. The van der Waals surface area contributed by atoms with E-state index in [0.717, 1.165) is 6.07 Å². The van der Waals surface area contributed by atoms with Crippen molar-refractivity contribution >= 4 is 16.7 Å². The highest BCUT2D eigenvalue weighted by atomic mass is 16.6. The Labute approximate surface area is 72.4 Å². The molecule has 0 atom stereocenters. The monoisotopic (exact) mass is 179 g/mol. The van der Waals surface area contributed by atoms with Crippen LogP contribution in [0.3, 0.4) is 0 Å². The Hall–Kier alpha value is -2.04. The quantitative estimate of drug-likeness (QED) is 0.536. The van der Waals surface area contributed by atoms with Gasteiger partial charge in [-0.15, -0.1) is 0 Å². The zero-order valence-electron chi connectivity index (χ0n) is 6.43. The Morgan fingerprint density at radius 3 is 2.92 bits per heavy atom. The van der Waals surface area contributed by atoms with Crippen molar-refractivity contribution in [2.24, 2.45) is 0 Å². The number of nitro benzene ring substituents is 1. The summed E-state index contributed by atoms with van der Waals surface area (Å²) < 4.78 is 4.91. The van der Waals surface area contributed by atoms with E-state index < -0.39 is 4.92 Å². The van der Waals surface area contributed by atoms with Gasteiger partial charge >= 0.3 is 0 Å². The van der Waals surface area contributed by atoms with Crippen LogP contribution in [0.15, 0.2) is 28.9 Å². The summed E-state index contributed by atoms with van der Waals surface area (Å²) in [6, 6.07) is 3.96. The average molecular weight is 179 g/mol. The third-order valence-electron chi connectivity index (χ3n) is 1.73. The van der Waals surface area contributed by atoms with Crippen molar-refractivity contribution in [2.75, 3.05) is 0 Å². The molecule has 0 spiro atoms. The highest BCUT2D eigenvalue weighted by Crippen LogP contribution is 2.30. The summed E-state index contributed by atoms with van der Waals surface area (Å²) >= 11 is 0. The molecule has 1 N–H and O–H groups in total.